The monoisotopic (exact) mass is 264 g/mol. The van der Waals surface area contributed by atoms with Crippen LogP contribution in [0.1, 0.15) is 24.7 Å². The fourth-order valence-electron chi connectivity index (χ4n) is 1.31. The van der Waals surface area contributed by atoms with Gasteiger partial charge in [0, 0.05) is 12.3 Å². The SMILES string of the molecule is CCCNc1cnc(CSc2nc(C)co2)cn1. The Bertz CT molecular complexity index is 483. The summed E-state index contributed by atoms with van der Waals surface area (Å²) in [6.07, 6.45) is 6.25. The second kappa shape index (κ2) is 6.39. The van der Waals surface area contributed by atoms with E-state index in [2.05, 4.69) is 27.2 Å². The molecule has 2 heterocycles. The summed E-state index contributed by atoms with van der Waals surface area (Å²) in [5, 5.41) is 3.86. The molecule has 18 heavy (non-hydrogen) atoms. The van der Waals surface area contributed by atoms with Crippen molar-refractivity contribution in [3.8, 4) is 0 Å². The molecule has 0 aliphatic rings. The van der Waals surface area contributed by atoms with E-state index in [1.54, 1.807) is 18.7 Å². The van der Waals surface area contributed by atoms with Gasteiger partial charge in [0.25, 0.3) is 5.22 Å². The largest absolute Gasteiger partial charge is 0.440 e. The lowest BCUT2D eigenvalue weighted by Crippen LogP contribution is -2.02. The first-order valence-corrected chi connectivity index (χ1v) is 6.86. The quantitative estimate of drug-likeness (QED) is 0.809. The Kier molecular flexibility index (Phi) is 4.58. The number of rotatable bonds is 6. The molecule has 0 aliphatic heterocycles. The predicted octanol–water partition coefficient (Wildman–Crippen LogP) is 2.89. The van der Waals surface area contributed by atoms with E-state index in [9.17, 15) is 0 Å². The van der Waals surface area contributed by atoms with Gasteiger partial charge in [0.05, 0.1) is 23.8 Å². The Hall–Kier alpha value is -1.56. The van der Waals surface area contributed by atoms with Gasteiger partial charge < -0.3 is 9.73 Å². The molecule has 0 saturated heterocycles. The number of anilines is 1. The molecular weight excluding hydrogens is 248 g/mol. The number of hydrogen-bond donors (Lipinski definition) is 1. The zero-order chi connectivity index (χ0) is 12.8. The molecule has 0 saturated carbocycles. The highest BCUT2D eigenvalue weighted by Crippen LogP contribution is 2.20. The van der Waals surface area contributed by atoms with Crippen LogP contribution in [0.3, 0.4) is 0 Å². The Morgan fingerprint density at radius 2 is 2.22 bits per heavy atom. The van der Waals surface area contributed by atoms with Gasteiger partial charge in [-0.15, -0.1) is 0 Å². The number of aromatic nitrogens is 3. The van der Waals surface area contributed by atoms with Crippen LogP contribution < -0.4 is 5.32 Å². The molecule has 0 radical (unpaired) electrons. The third-order valence-electron chi connectivity index (χ3n) is 2.20. The highest BCUT2D eigenvalue weighted by Gasteiger charge is 2.03. The Morgan fingerprint density at radius 3 is 2.83 bits per heavy atom. The van der Waals surface area contributed by atoms with Crippen LogP contribution in [-0.2, 0) is 5.75 Å². The van der Waals surface area contributed by atoms with Crippen molar-refractivity contribution in [1.82, 2.24) is 15.0 Å². The Balaban J connectivity index is 1.86. The molecule has 0 bridgehead atoms. The van der Waals surface area contributed by atoms with Crippen molar-refractivity contribution in [3.05, 3.63) is 30.0 Å². The second-order valence-corrected chi connectivity index (χ2v) is 4.79. The van der Waals surface area contributed by atoms with Crippen LogP contribution in [0.5, 0.6) is 0 Å². The van der Waals surface area contributed by atoms with E-state index in [0.29, 0.717) is 11.0 Å². The van der Waals surface area contributed by atoms with Crippen LogP contribution >= 0.6 is 11.8 Å². The van der Waals surface area contributed by atoms with Gasteiger partial charge in [0.2, 0.25) is 0 Å². The lowest BCUT2D eigenvalue weighted by atomic mass is 10.4. The number of nitrogens with one attached hydrogen (secondary N) is 1. The zero-order valence-corrected chi connectivity index (χ0v) is 11.3. The van der Waals surface area contributed by atoms with Gasteiger partial charge in [0.15, 0.2) is 0 Å². The lowest BCUT2D eigenvalue weighted by molar-refractivity contribution is 0.454. The van der Waals surface area contributed by atoms with Crippen molar-refractivity contribution in [1.29, 1.82) is 0 Å². The number of oxazole rings is 1. The topological polar surface area (TPSA) is 63.8 Å². The van der Waals surface area contributed by atoms with E-state index < -0.39 is 0 Å². The minimum absolute atomic E-state index is 0.669. The van der Waals surface area contributed by atoms with Gasteiger partial charge in [-0.2, -0.15) is 0 Å². The first-order valence-electron chi connectivity index (χ1n) is 5.87. The van der Waals surface area contributed by atoms with Crippen molar-refractivity contribution in [2.45, 2.75) is 31.2 Å². The fourth-order valence-corrected chi connectivity index (χ4v) is 2.05. The van der Waals surface area contributed by atoms with E-state index in [1.165, 1.54) is 11.8 Å². The molecule has 2 aromatic rings. The molecule has 0 unspecified atom stereocenters. The molecule has 1 N–H and O–H groups in total. The van der Waals surface area contributed by atoms with Gasteiger partial charge in [-0.1, -0.05) is 18.7 Å². The van der Waals surface area contributed by atoms with E-state index in [1.807, 2.05) is 6.92 Å². The normalized spacial score (nSPS) is 10.6. The minimum atomic E-state index is 0.669. The molecule has 5 nitrogen and oxygen atoms in total. The third-order valence-corrected chi connectivity index (χ3v) is 3.08. The van der Waals surface area contributed by atoms with Crippen LogP contribution in [-0.4, -0.2) is 21.5 Å². The summed E-state index contributed by atoms with van der Waals surface area (Å²) >= 11 is 1.52. The summed E-state index contributed by atoms with van der Waals surface area (Å²) in [4.78, 5) is 12.9. The molecule has 2 aromatic heterocycles. The first kappa shape index (κ1) is 12.9. The molecule has 6 heteroatoms. The van der Waals surface area contributed by atoms with Crippen molar-refractivity contribution in [3.63, 3.8) is 0 Å². The minimum Gasteiger partial charge on any atom is -0.440 e. The maximum absolute atomic E-state index is 5.25. The Labute approximate surface area is 110 Å². The van der Waals surface area contributed by atoms with Crippen LogP contribution in [0.15, 0.2) is 28.3 Å². The number of aryl methyl sites for hydroxylation is 1. The van der Waals surface area contributed by atoms with Gasteiger partial charge in [-0.25, -0.2) is 9.97 Å². The molecule has 0 aromatic carbocycles. The molecule has 0 spiro atoms. The van der Waals surface area contributed by atoms with Gasteiger partial charge in [0.1, 0.15) is 12.1 Å². The Morgan fingerprint density at radius 1 is 1.33 bits per heavy atom. The zero-order valence-electron chi connectivity index (χ0n) is 10.5. The molecular formula is C12H16N4OS. The summed E-state index contributed by atoms with van der Waals surface area (Å²) in [6, 6.07) is 0. The van der Waals surface area contributed by atoms with Crippen LogP contribution in [0.25, 0.3) is 0 Å². The van der Waals surface area contributed by atoms with E-state index in [4.69, 9.17) is 4.42 Å². The molecule has 0 fully saturated rings. The fraction of sp³-hybridized carbons (Fsp3) is 0.417. The van der Waals surface area contributed by atoms with Gasteiger partial charge >= 0.3 is 0 Å². The summed E-state index contributed by atoms with van der Waals surface area (Å²) < 4.78 is 5.25. The lowest BCUT2D eigenvalue weighted by Gasteiger charge is -2.03. The summed E-state index contributed by atoms with van der Waals surface area (Å²) in [5.41, 5.74) is 1.81. The average molecular weight is 264 g/mol. The number of hydrogen-bond acceptors (Lipinski definition) is 6. The highest BCUT2D eigenvalue weighted by molar-refractivity contribution is 7.98. The standard InChI is InChI=1S/C12H16N4OS/c1-3-4-13-11-6-14-10(5-15-11)8-18-12-16-9(2)7-17-12/h5-7H,3-4,8H2,1-2H3,(H,13,15). The molecule has 0 aliphatic carbocycles. The van der Waals surface area contributed by atoms with E-state index in [-0.39, 0.29) is 0 Å². The average Bonchev–Trinajstić information content (AvgIpc) is 2.81. The van der Waals surface area contributed by atoms with Crippen molar-refractivity contribution >= 4 is 17.6 Å². The predicted molar refractivity (Wildman–Crippen MR) is 71.6 cm³/mol. The number of thioether (sulfide) groups is 1. The number of nitrogens with zero attached hydrogens (tertiary/aromatic N) is 3. The van der Waals surface area contributed by atoms with Crippen LogP contribution in [0, 0.1) is 6.92 Å². The maximum atomic E-state index is 5.25. The second-order valence-electron chi connectivity index (χ2n) is 3.86. The summed E-state index contributed by atoms with van der Waals surface area (Å²) in [7, 11) is 0. The molecule has 2 rings (SSSR count). The van der Waals surface area contributed by atoms with E-state index in [0.717, 1.165) is 30.2 Å². The van der Waals surface area contributed by atoms with Crippen LogP contribution in [0.2, 0.25) is 0 Å². The highest BCUT2D eigenvalue weighted by atomic mass is 32.2. The maximum Gasteiger partial charge on any atom is 0.256 e. The third kappa shape index (κ3) is 3.73. The van der Waals surface area contributed by atoms with Crippen molar-refractivity contribution < 1.29 is 4.42 Å². The van der Waals surface area contributed by atoms with E-state index >= 15 is 0 Å². The summed E-state index contributed by atoms with van der Waals surface area (Å²) in [6.45, 7) is 4.93. The summed E-state index contributed by atoms with van der Waals surface area (Å²) in [5.74, 6) is 1.53. The van der Waals surface area contributed by atoms with Crippen LogP contribution in [0.4, 0.5) is 5.82 Å². The van der Waals surface area contributed by atoms with Crippen molar-refractivity contribution in [2.24, 2.45) is 0 Å². The first-order chi connectivity index (χ1) is 8.78. The van der Waals surface area contributed by atoms with Gasteiger partial charge in [-0.3, -0.25) is 4.98 Å². The molecule has 96 valence electrons. The molecule has 0 amide bonds. The molecule has 0 atom stereocenters. The van der Waals surface area contributed by atoms with Gasteiger partial charge in [-0.05, 0) is 13.3 Å². The van der Waals surface area contributed by atoms with Crippen molar-refractivity contribution in [2.75, 3.05) is 11.9 Å². The smallest absolute Gasteiger partial charge is 0.256 e.